The number of benzene rings is 1. The van der Waals surface area contributed by atoms with E-state index in [-0.39, 0.29) is 29.7 Å². The highest BCUT2D eigenvalue weighted by Crippen LogP contribution is 2.25. The van der Waals surface area contributed by atoms with Gasteiger partial charge in [-0.1, -0.05) is 18.7 Å². The lowest BCUT2D eigenvalue weighted by Crippen LogP contribution is -2.49. The molecule has 7 heteroatoms. The van der Waals surface area contributed by atoms with Gasteiger partial charge in [0.25, 0.3) is 5.56 Å². The van der Waals surface area contributed by atoms with Gasteiger partial charge in [0.2, 0.25) is 0 Å². The first-order chi connectivity index (χ1) is 12.8. The second kappa shape index (κ2) is 7.52. The third-order valence-electron chi connectivity index (χ3n) is 4.99. The molecule has 0 bridgehead atoms. The van der Waals surface area contributed by atoms with Gasteiger partial charge in [-0.05, 0) is 31.5 Å². The van der Waals surface area contributed by atoms with E-state index in [4.69, 9.17) is 4.74 Å². The van der Waals surface area contributed by atoms with Crippen LogP contribution in [0.25, 0.3) is 5.70 Å². The zero-order valence-electron chi connectivity index (χ0n) is 15.9. The van der Waals surface area contributed by atoms with Gasteiger partial charge in [0.05, 0.1) is 24.0 Å². The van der Waals surface area contributed by atoms with Crippen LogP contribution in [0.3, 0.4) is 0 Å². The quantitative estimate of drug-likeness (QED) is 0.806. The summed E-state index contributed by atoms with van der Waals surface area (Å²) in [5.41, 5.74) is 1.97. The fourth-order valence-electron chi connectivity index (χ4n) is 3.57. The maximum atomic E-state index is 13.1. The Bertz CT molecular complexity index is 976. The molecule has 144 valence electrons. The summed E-state index contributed by atoms with van der Waals surface area (Å²) in [5, 5.41) is 0. The van der Waals surface area contributed by atoms with Crippen molar-refractivity contribution in [2.24, 2.45) is 0 Å². The minimum absolute atomic E-state index is 0.283. The number of rotatable bonds is 5. The van der Waals surface area contributed by atoms with Crippen LogP contribution in [0, 0.1) is 12.7 Å². The van der Waals surface area contributed by atoms with Crippen LogP contribution in [-0.4, -0.2) is 34.3 Å². The highest BCUT2D eigenvalue weighted by atomic mass is 19.1. The zero-order chi connectivity index (χ0) is 19.7. The van der Waals surface area contributed by atoms with E-state index < -0.39 is 0 Å². The lowest BCUT2D eigenvalue weighted by molar-refractivity contribution is 0.157. The maximum absolute atomic E-state index is 13.1. The molecule has 0 N–H and O–H groups in total. The summed E-state index contributed by atoms with van der Waals surface area (Å²) >= 11 is 0. The fraction of sp³-hybridized carbons (Fsp3) is 0.400. The second-order valence-electron chi connectivity index (χ2n) is 6.88. The first-order valence-corrected chi connectivity index (χ1v) is 8.88. The van der Waals surface area contributed by atoms with Crippen molar-refractivity contribution in [2.45, 2.75) is 33.0 Å². The van der Waals surface area contributed by atoms with Crippen LogP contribution in [0.15, 0.2) is 40.4 Å². The van der Waals surface area contributed by atoms with Crippen molar-refractivity contribution in [3.63, 3.8) is 0 Å². The highest BCUT2D eigenvalue weighted by Gasteiger charge is 2.27. The van der Waals surface area contributed by atoms with Crippen molar-refractivity contribution in [3.8, 4) is 0 Å². The van der Waals surface area contributed by atoms with Crippen LogP contribution < -0.4 is 11.2 Å². The molecule has 2 aromatic rings. The molecule has 1 aliphatic rings. The average Bonchev–Trinajstić information content (AvgIpc) is 2.63. The molecule has 6 nitrogen and oxygen atoms in total. The standard InChI is InChI=1S/C20H24FN3O3/c1-13(12-27-4)24-19(25)14(2)18-15(3)22(9-10-23(18)20(24)26)11-16-5-7-17(21)8-6-16/h5-8,13H,3,9-12H2,1-2,4H3. The summed E-state index contributed by atoms with van der Waals surface area (Å²) < 4.78 is 21.1. The summed E-state index contributed by atoms with van der Waals surface area (Å²) in [6.07, 6.45) is 0. The van der Waals surface area contributed by atoms with E-state index in [1.54, 1.807) is 37.7 Å². The Balaban J connectivity index is 1.99. The third kappa shape index (κ3) is 3.47. The molecule has 1 aromatic heterocycles. The first kappa shape index (κ1) is 19.1. The molecule has 0 saturated carbocycles. The Morgan fingerprint density at radius 1 is 1.22 bits per heavy atom. The Labute approximate surface area is 157 Å². The molecule has 1 unspecified atom stereocenters. The molecule has 0 spiro atoms. The molecular weight excluding hydrogens is 349 g/mol. The zero-order valence-corrected chi connectivity index (χ0v) is 15.9. The Morgan fingerprint density at radius 3 is 2.52 bits per heavy atom. The number of aromatic nitrogens is 2. The molecule has 1 aliphatic heterocycles. The molecule has 0 fully saturated rings. The van der Waals surface area contributed by atoms with Crippen molar-refractivity contribution in [2.75, 3.05) is 20.3 Å². The van der Waals surface area contributed by atoms with Crippen molar-refractivity contribution in [3.05, 3.63) is 74.3 Å². The van der Waals surface area contributed by atoms with Gasteiger partial charge in [0.15, 0.2) is 0 Å². The Kier molecular flexibility index (Phi) is 5.32. The SMILES string of the molecule is C=C1c2c(C)c(=O)n(C(C)COC)c(=O)n2CCN1Cc1ccc(F)cc1. The van der Waals surface area contributed by atoms with Crippen molar-refractivity contribution >= 4 is 5.70 Å². The number of halogens is 1. The van der Waals surface area contributed by atoms with Crippen molar-refractivity contribution in [1.82, 2.24) is 14.0 Å². The van der Waals surface area contributed by atoms with Gasteiger partial charge in [-0.3, -0.25) is 13.9 Å². The van der Waals surface area contributed by atoms with E-state index in [1.165, 1.54) is 16.7 Å². The van der Waals surface area contributed by atoms with E-state index >= 15 is 0 Å². The minimum Gasteiger partial charge on any atom is -0.383 e. The number of ether oxygens (including phenoxy) is 1. The average molecular weight is 373 g/mol. The minimum atomic E-state index is -0.350. The van der Waals surface area contributed by atoms with E-state index in [1.807, 2.05) is 4.90 Å². The monoisotopic (exact) mass is 373 g/mol. The number of hydrogen-bond acceptors (Lipinski definition) is 4. The van der Waals surface area contributed by atoms with E-state index in [0.29, 0.717) is 36.6 Å². The number of nitrogens with zero attached hydrogens (tertiary/aromatic N) is 3. The van der Waals surface area contributed by atoms with Gasteiger partial charge in [-0.15, -0.1) is 0 Å². The normalized spacial score (nSPS) is 15.0. The molecule has 1 aromatic carbocycles. The lowest BCUT2D eigenvalue weighted by Gasteiger charge is -2.35. The third-order valence-corrected chi connectivity index (χ3v) is 4.99. The molecule has 0 aliphatic carbocycles. The number of fused-ring (bicyclic) bond motifs is 1. The number of hydrogen-bond donors (Lipinski definition) is 0. The fourth-order valence-corrected chi connectivity index (χ4v) is 3.57. The van der Waals surface area contributed by atoms with Crippen LogP contribution in [0.4, 0.5) is 4.39 Å². The predicted octanol–water partition coefficient (Wildman–Crippen LogP) is 2.15. The van der Waals surface area contributed by atoms with Gasteiger partial charge < -0.3 is 9.64 Å². The summed E-state index contributed by atoms with van der Waals surface area (Å²) in [4.78, 5) is 27.7. The van der Waals surface area contributed by atoms with Crippen molar-refractivity contribution in [1.29, 1.82) is 0 Å². The van der Waals surface area contributed by atoms with Gasteiger partial charge in [0.1, 0.15) is 5.82 Å². The molecule has 2 heterocycles. The Hall–Kier alpha value is -2.67. The predicted molar refractivity (Wildman–Crippen MR) is 102 cm³/mol. The van der Waals surface area contributed by atoms with Crippen LogP contribution in [0.1, 0.15) is 29.8 Å². The lowest BCUT2D eigenvalue weighted by atomic mass is 10.1. The first-order valence-electron chi connectivity index (χ1n) is 8.88. The molecular formula is C20H24FN3O3. The van der Waals surface area contributed by atoms with E-state index in [9.17, 15) is 14.0 Å². The largest absolute Gasteiger partial charge is 0.383 e. The summed E-state index contributed by atoms with van der Waals surface area (Å²) in [7, 11) is 1.54. The smallest absolute Gasteiger partial charge is 0.331 e. The Morgan fingerprint density at radius 2 is 1.89 bits per heavy atom. The molecule has 27 heavy (non-hydrogen) atoms. The van der Waals surface area contributed by atoms with Crippen molar-refractivity contribution < 1.29 is 9.13 Å². The summed E-state index contributed by atoms with van der Waals surface area (Å²) in [5.74, 6) is -0.283. The van der Waals surface area contributed by atoms with Crippen LogP contribution >= 0.6 is 0 Å². The van der Waals surface area contributed by atoms with E-state index in [0.717, 1.165) is 5.56 Å². The molecule has 0 saturated heterocycles. The number of methoxy groups -OCH3 is 1. The molecule has 0 amide bonds. The molecule has 0 radical (unpaired) electrons. The maximum Gasteiger partial charge on any atom is 0.331 e. The van der Waals surface area contributed by atoms with Crippen LogP contribution in [-0.2, 0) is 17.8 Å². The molecule has 3 rings (SSSR count). The van der Waals surface area contributed by atoms with E-state index in [2.05, 4.69) is 6.58 Å². The highest BCUT2D eigenvalue weighted by molar-refractivity contribution is 5.62. The molecule has 1 atom stereocenters. The summed E-state index contributed by atoms with van der Waals surface area (Å²) in [6.45, 7) is 9.49. The van der Waals surface area contributed by atoms with Gasteiger partial charge >= 0.3 is 5.69 Å². The van der Waals surface area contributed by atoms with Gasteiger partial charge in [0, 0.05) is 32.3 Å². The van der Waals surface area contributed by atoms with Crippen LogP contribution in [0.5, 0.6) is 0 Å². The second-order valence-corrected chi connectivity index (χ2v) is 6.88. The van der Waals surface area contributed by atoms with Gasteiger partial charge in [-0.2, -0.15) is 0 Å². The topological polar surface area (TPSA) is 56.5 Å². The van der Waals surface area contributed by atoms with Crippen LogP contribution in [0.2, 0.25) is 0 Å². The van der Waals surface area contributed by atoms with Gasteiger partial charge in [-0.25, -0.2) is 9.18 Å². The summed E-state index contributed by atoms with van der Waals surface area (Å²) in [6, 6.07) is 5.93.